The van der Waals surface area contributed by atoms with Crippen molar-refractivity contribution >= 4 is 16.7 Å². The maximum Gasteiger partial charge on any atom is 0.221 e. The van der Waals surface area contributed by atoms with Gasteiger partial charge in [-0.3, -0.25) is 9.00 Å². The molecule has 0 aromatic heterocycles. The highest BCUT2D eigenvalue weighted by Crippen LogP contribution is 1.83. The molecule has 0 aliphatic heterocycles. The Labute approximate surface area is 94.7 Å². The molecule has 1 unspecified atom stereocenters. The number of nitrogens with one attached hydrogen (secondary N) is 2. The molecule has 0 heterocycles. The van der Waals surface area contributed by atoms with Crippen LogP contribution in [0.5, 0.6) is 0 Å². The Morgan fingerprint density at radius 3 is 2.53 bits per heavy atom. The molecule has 15 heavy (non-hydrogen) atoms. The fraction of sp³-hybridized carbons (Fsp3) is 0.900. The average Bonchev–Trinajstić information content (AvgIpc) is 2.15. The second-order valence-corrected chi connectivity index (χ2v) is 5.52. The van der Waals surface area contributed by atoms with E-state index in [1.54, 1.807) is 0 Å². The summed E-state index contributed by atoms with van der Waals surface area (Å²) in [5.41, 5.74) is 0. The van der Waals surface area contributed by atoms with Gasteiger partial charge in [-0.15, -0.1) is 0 Å². The van der Waals surface area contributed by atoms with E-state index in [9.17, 15) is 9.00 Å². The largest absolute Gasteiger partial charge is 0.354 e. The molecule has 0 saturated heterocycles. The summed E-state index contributed by atoms with van der Waals surface area (Å²) in [5.74, 6) is 1.44. The van der Waals surface area contributed by atoms with E-state index in [2.05, 4.69) is 10.6 Å². The smallest absolute Gasteiger partial charge is 0.221 e. The molecule has 4 nitrogen and oxygen atoms in total. The molecule has 0 fully saturated rings. The first-order valence-electron chi connectivity index (χ1n) is 5.41. The van der Waals surface area contributed by atoms with Crippen molar-refractivity contribution in [2.75, 3.05) is 24.6 Å². The Morgan fingerprint density at radius 1 is 1.33 bits per heavy atom. The van der Waals surface area contributed by atoms with E-state index < -0.39 is 10.8 Å². The van der Waals surface area contributed by atoms with Crippen molar-refractivity contribution in [3.8, 4) is 0 Å². The van der Waals surface area contributed by atoms with Crippen LogP contribution < -0.4 is 10.6 Å². The van der Waals surface area contributed by atoms with Crippen molar-refractivity contribution in [1.82, 2.24) is 10.6 Å². The van der Waals surface area contributed by atoms with Crippen molar-refractivity contribution in [3.63, 3.8) is 0 Å². The van der Waals surface area contributed by atoms with Gasteiger partial charge in [-0.25, -0.2) is 0 Å². The van der Waals surface area contributed by atoms with Gasteiger partial charge in [0, 0.05) is 47.9 Å². The summed E-state index contributed by atoms with van der Waals surface area (Å²) in [6.45, 7) is 7.16. The van der Waals surface area contributed by atoms with Crippen molar-refractivity contribution in [3.05, 3.63) is 0 Å². The second kappa shape index (κ2) is 8.85. The summed E-state index contributed by atoms with van der Waals surface area (Å²) in [6, 6.07) is 0.199. The third-order valence-electron chi connectivity index (χ3n) is 1.81. The van der Waals surface area contributed by atoms with Gasteiger partial charge in [-0.2, -0.15) is 0 Å². The van der Waals surface area contributed by atoms with Crippen LogP contribution in [0.1, 0.15) is 27.2 Å². The summed E-state index contributed by atoms with van der Waals surface area (Å²) >= 11 is 0. The molecule has 90 valence electrons. The van der Waals surface area contributed by atoms with Gasteiger partial charge in [0.1, 0.15) is 0 Å². The van der Waals surface area contributed by atoms with Crippen LogP contribution in [0.4, 0.5) is 0 Å². The number of carbonyl (C=O) groups is 1. The Kier molecular flexibility index (Phi) is 8.61. The quantitative estimate of drug-likeness (QED) is 0.592. The van der Waals surface area contributed by atoms with Crippen LogP contribution >= 0.6 is 0 Å². The molecule has 2 N–H and O–H groups in total. The second-order valence-electron chi connectivity index (χ2n) is 3.65. The summed E-state index contributed by atoms with van der Waals surface area (Å²) in [5, 5.41) is 5.92. The van der Waals surface area contributed by atoms with Crippen molar-refractivity contribution in [1.29, 1.82) is 0 Å². The molecule has 0 bridgehead atoms. The number of amides is 1. The van der Waals surface area contributed by atoms with Crippen LogP contribution in [0, 0.1) is 0 Å². The van der Waals surface area contributed by atoms with Crippen LogP contribution in [0.2, 0.25) is 0 Å². The third-order valence-corrected chi connectivity index (χ3v) is 3.11. The van der Waals surface area contributed by atoms with Gasteiger partial charge in [0.25, 0.3) is 0 Å². The van der Waals surface area contributed by atoms with E-state index in [0.717, 1.165) is 6.54 Å². The Balaban J connectivity index is 3.31. The Bertz CT molecular complexity index is 208. The van der Waals surface area contributed by atoms with Gasteiger partial charge in [-0.05, 0) is 13.8 Å². The van der Waals surface area contributed by atoms with E-state index in [-0.39, 0.29) is 11.9 Å². The van der Waals surface area contributed by atoms with Gasteiger partial charge in [0.15, 0.2) is 0 Å². The lowest BCUT2D eigenvalue weighted by molar-refractivity contribution is -0.121. The zero-order valence-electron chi connectivity index (χ0n) is 9.84. The van der Waals surface area contributed by atoms with Gasteiger partial charge in [0.05, 0.1) is 0 Å². The van der Waals surface area contributed by atoms with Crippen LogP contribution in [-0.4, -0.2) is 40.8 Å². The standard InChI is InChI=1S/C10H22N2O2S/c1-4-15(14)8-7-11-6-5-10(13)12-9(2)3/h9,11H,4-8H2,1-3H3,(H,12,13). The highest BCUT2D eigenvalue weighted by atomic mass is 32.2. The molecule has 0 rings (SSSR count). The van der Waals surface area contributed by atoms with Gasteiger partial charge in [0.2, 0.25) is 5.91 Å². The summed E-state index contributed by atoms with van der Waals surface area (Å²) in [6.07, 6.45) is 0.483. The lowest BCUT2D eigenvalue weighted by Gasteiger charge is -2.08. The Morgan fingerprint density at radius 2 is 2.00 bits per heavy atom. The molecular formula is C10H22N2O2S. The highest BCUT2D eigenvalue weighted by Gasteiger charge is 2.02. The molecule has 0 aliphatic carbocycles. The van der Waals surface area contributed by atoms with E-state index in [0.29, 0.717) is 24.5 Å². The highest BCUT2D eigenvalue weighted by molar-refractivity contribution is 7.84. The predicted octanol–water partition coefficient (Wildman–Crippen LogP) is 0.259. The van der Waals surface area contributed by atoms with Gasteiger partial charge in [-0.1, -0.05) is 6.92 Å². The average molecular weight is 234 g/mol. The first-order chi connectivity index (χ1) is 7.06. The molecule has 0 saturated carbocycles. The zero-order valence-corrected chi connectivity index (χ0v) is 10.7. The first-order valence-corrected chi connectivity index (χ1v) is 6.90. The maximum atomic E-state index is 11.2. The first kappa shape index (κ1) is 14.6. The normalized spacial score (nSPS) is 12.8. The van der Waals surface area contributed by atoms with Crippen LogP contribution in [0.25, 0.3) is 0 Å². The van der Waals surface area contributed by atoms with E-state index in [4.69, 9.17) is 0 Å². The molecule has 0 spiro atoms. The lowest BCUT2D eigenvalue weighted by Crippen LogP contribution is -2.33. The molecule has 0 aromatic rings. The van der Waals surface area contributed by atoms with E-state index in [1.165, 1.54) is 0 Å². The van der Waals surface area contributed by atoms with Crippen LogP contribution in [0.15, 0.2) is 0 Å². The van der Waals surface area contributed by atoms with Gasteiger partial charge >= 0.3 is 0 Å². The van der Waals surface area contributed by atoms with Gasteiger partial charge < -0.3 is 10.6 Å². The number of hydrogen-bond acceptors (Lipinski definition) is 3. The van der Waals surface area contributed by atoms with Crippen molar-refractivity contribution in [2.24, 2.45) is 0 Å². The minimum absolute atomic E-state index is 0.0640. The predicted molar refractivity (Wildman–Crippen MR) is 64.3 cm³/mol. The molecule has 5 heteroatoms. The number of hydrogen-bond donors (Lipinski definition) is 2. The van der Waals surface area contributed by atoms with E-state index in [1.807, 2.05) is 20.8 Å². The van der Waals surface area contributed by atoms with Crippen molar-refractivity contribution < 1.29 is 9.00 Å². The summed E-state index contributed by atoms with van der Waals surface area (Å²) in [7, 11) is -0.713. The fourth-order valence-electron chi connectivity index (χ4n) is 1.05. The molecule has 1 atom stereocenters. The summed E-state index contributed by atoms with van der Waals surface area (Å²) in [4.78, 5) is 11.2. The monoisotopic (exact) mass is 234 g/mol. The maximum absolute atomic E-state index is 11.2. The SMILES string of the molecule is CCS(=O)CCNCCC(=O)NC(C)C. The van der Waals surface area contributed by atoms with Crippen molar-refractivity contribution in [2.45, 2.75) is 33.2 Å². The van der Waals surface area contributed by atoms with E-state index >= 15 is 0 Å². The molecule has 0 aliphatic rings. The summed E-state index contributed by atoms with van der Waals surface area (Å²) < 4.78 is 11.0. The minimum atomic E-state index is -0.713. The molecule has 1 amide bonds. The third kappa shape index (κ3) is 9.87. The van der Waals surface area contributed by atoms with Crippen LogP contribution in [0.3, 0.4) is 0 Å². The minimum Gasteiger partial charge on any atom is -0.354 e. The molecular weight excluding hydrogens is 212 g/mol. The number of carbonyl (C=O) groups excluding carboxylic acids is 1. The van der Waals surface area contributed by atoms with Crippen LogP contribution in [-0.2, 0) is 15.6 Å². The number of rotatable bonds is 8. The zero-order chi connectivity index (χ0) is 11.7. The fourth-order valence-corrected chi connectivity index (χ4v) is 1.71. The molecule has 0 aromatic carbocycles. The lowest BCUT2D eigenvalue weighted by atomic mass is 10.3. The topological polar surface area (TPSA) is 58.2 Å². The Hall–Kier alpha value is -0.420. The molecule has 0 radical (unpaired) electrons.